The van der Waals surface area contributed by atoms with Crippen LogP contribution in [0.1, 0.15) is 12.0 Å². The number of piperazine rings is 1. The molecule has 2 amide bonds. The smallest absolute Gasteiger partial charge is 0.228 e. The summed E-state index contributed by atoms with van der Waals surface area (Å²) < 4.78 is 10.6. The van der Waals surface area contributed by atoms with Gasteiger partial charge in [-0.25, -0.2) is 0 Å². The van der Waals surface area contributed by atoms with Gasteiger partial charge < -0.3 is 19.3 Å². The van der Waals surface area contributed by atoms with Crippen LogP contribution in [0, 0.1) is 5.92 Å². The monoisotopic (exact) mass is 423 g/mol. The average molecular weight is 424 g/mol. The molecule has 0 N–H and O–H groups in total. The van der Waals surface area contributed by atoms with Gasteiger partial charge in [0.05, 0.1) is 20.1 Å². The molecule has 2 aromatic carbocycles. The Hall–Kier alpha value is -3.06. The fraction of sp³-hybridized carbons (Fsp3) is 0.417. The molecule has 2 aliphatic rings. The maximum atomic E-state index is 13.1. The number of hydrogen-bond donors (Lipinski definition) is 0. The Morgan fingerprint density at radius 2 is 1.68 bits per heavy atom. The zero-order valence-corrected chi connectivity index (χ0v) is 18.1. The molecule has 2 aliphatic heterocycles. The van der Waals surface area contributed by atoms with E-state index < -0.39 is 0 Å². The van der Waals surface area contributed by atoms with E-state index in [4.69, 9.17) is 9.47 Å². The third-order valence-corrected chi connectivity index (χ3v) is 6.09. The molecule has 2 aromatic rings. The van der Waals surface area contributed by atoms with Gasteiger partial charge in [0.25, 0.3) is 0 Å². The molecule has 4 rings (SSSR count). The van der Waals surface area contributed by atoms with Gasteiger partial charge in [-0.15, -0.1) is 0 Å². The lowest BCUT2D eigenvalue weighted by Crippen LogP contribution is -2.50. The van der Waals surface area contributed by atoms with Crippen molar-refractivity contribution in [3.05, 3.63) is 54.1 Å². The van der Waals surface area contributed by atoms with Crippen LogP contribution in [0.15, 0.2) is 48.5 Å². The Balaban J connectivity index is 1.34. The highest BCUT2D eigenvalue weighted by molar-refractivity contribution is 6.00. The van der Waals surface area contributed by atoms with Gasteiger partial charge in [-0.05, 0) is 17.7 Å². The number of anilines is 1. The zero-order chi connectivity index (χ0) is 21.8. The van der Waals surface area contributed by atoms with Gasteiger partial charge in [0.1, 0.15) is 0 Å². The van der Waals surface area contributed by atoms with Crippen molar-refractivity contribution in [1.82, 2.24) is 9.80 Å². The molecule has 31 heavy (non-hydrogen) atoms. The Kier molecular flexibility index (Phi) is 6.42. The fourth-order valence-corrected chi connectivity index (χ4v) is 4.34. The molecule has 1 unspecified atom stereocenters. The minimum absolute atomic E-state index is 0.0340. The van der Waals surface area contributed by atoms with E-state index in [-0.39, 0.29) is 24.2 Å². The van der Waals surface area contributed by atoms with Crippen molar-refractivity contribution in [3.63, 3.8) is 0 Å². The van der Waals surface area contributed by atoms with Gasteiger partial charge in [0, 0.05) is 57.4 Å². The van der Waals surface area contributed by atoms with E-state index in [2.05, 4.69) is 29.2 Å². The number of carbonyl (C=O) groups is 2. The van der Waals surface area contributed by atoms with Crippen molar-refractivity contribution in [2.75, 3.05) is 51.8 Å². The molecule has 0 spiro atoms. The number of methoxy groups -OCH3 is 2. The van der Waals surface area contributed by atoms with Crippen LogP contribution < -0.4 is 14.4 Å². The molecule has 0 aromatic heterocycles. The number of hydrogen-bond acceptors (Lipinski definition) is 5. The van der Waals surface area contributed by atoms with Crippen LogP contribution in [0.3, 0.4) is 0 Å². The SMILES string of the molecule is COc1ccc(N2CC(C(=O)N3CCN(Cc4ccccc4)CC3)CC2=O)cc1OC. The van der Waals surface area contributed by atoms with Crippen LogP contribution in [0.2, 0.25) is 0 Å². The van der Waals surface area contributed by atoms with Crippen LogP contribution >= 0.6 is 0 Å². The van der Waals surface area contributed by atoms with Crippen molar-refractivity contribution in [1.29, 1.82) is 0 Å². The van der Waals surface area contributed by atoms with Gasteiger partial charge in [-0.1, -0.05) is 30.3 Å². The average Bonchev–Trinajstić information content (AvgIpc) is 3.21. The van der Waals surface area contributed by atoms with Crippen molar-refractivity contribution in [2.45, 2.75) is 13.0 Å². The van der Waals surface area contributed by atoms with E-state index in [0.717, 1.165) is 25.3 Å². The van der Waals surface area contributed by atoms with Crippen LogP contribution in [-0.4, -0.2) is 68.6 Å². The first kappa shape index (κ1) is 21.2. The summed E-state index contributed by atoms with van der Waals surface area (Å²) in [7, 11) is 3.14. The van der Waals surface area contributed by atoms with Gasteiger partial charge in [0.15, 0.2) is 11.5 Å². The summed E-state index contributed by atoms with van der Waals surface area (Å²) in [6.45, 7) is 4.40. The molecule has 0 radical (unpaired) electrons. The maximum Gasteiger partial charge on any atom is 0.228 e. The summed E-state index contributed by atoms with van der Waals surface area (Å²) in [5.74, 6) is 0.918. The molecular formula is C24H29N3O4. The lowest BCUT2D eigenvalue weighted by Gasteiger charge is -2.36. The lowest BCUT2D eigenvalue weighted by atomic mass is 10.1. The Morgan fingerprint density at radius 3 is 2.35 bits per heavy atom. The Labute approximate surface area is 183 Å². The standard InChI is InChI=1S/C24H29N3O4/c1-30-21-9-8-20(15-22(21)31-2)27-17-19(14-23(27)28)24(29)26-12-10-25(11-13-26)16-18-6-4-3-5-7-18/h3-9,15,19H,10-14,16-17H2,1-2H3. The highest BCUT2D eigenvalue weighted by Crippen LogP contribution is 2.34. The number of carbonyl (C=O) groups excluding carboxylic acids is 2. The molecule has 0 saturated carbocycles. The van der Waals surface area contributed by atoms with Gasteiger partial charge >= 0.3 is 0 Å². The second-order valence-corrected chi connectivity index (χ2v) is 8.03. The topological polar surface area (TPSA) is 62.3 Å². The second-order valence-electron chi connectivity index (χ2n) is 8.03. The molecule has 164 valence electrons. The largest absolute Gasteiger partial charge is 0.493 e. The van der Waals surface area contributed by atoms with E-state index in [1.807, 2.05) is 17.0 Å². The molecule has 0 bridgehead atoms. The van der Waals surface area contributed by atoms with Crippen molar-refractivity contribution in [3.8, 4) is 11.5 Å². The van der Waals surface area contributed by atoms with Crippen LogP contribution in [0.25, 0.3) is 0 Å². The highest BCUT2D eigenvalue weighted by Gasteiger charge is 2.38. The number of ether oxygens (including phenoxy) is 2. The van der Waals surface area contributed by atoms with E-state index in [9.17, 15) is 9.59 Å². The van der Waals surface area contributed by atoms with Gasteiger partial charge in [-0.3, -0.25) is 14.5 Å². The summed E-state index contributed by atoms with van der Waals surface area (Å²) in [5.41, 5.74) is 2.01. The first-order valence-electron chi connectivity index (χ1n) is 10.7. The minimum atomic E-state index is -0.304. The number of rotatable bonds is 6. The van der Waals surface area contributed by atoms with Crippen molar-refractivity contribution in [2.24, 2.45) is 5.92 Å². The molecular weight excluding hydrogens is 394 g/mol. The predicted octanol–water partition coefficient (Wildman–Crippen LogP) is 2.40. The zero-order valence-electron chi connectivity index (χ0n) is 18.1. The summed E-state index contributed by atoms with van der Waals surface area (Å²) in [6, 6.07) is 15.8. The third kappa shape index (κ3) is 4.66. The van der Waals surface area contributed by atoms with Crippen molar-refractivity contribution >= 4 is 17.5 Å². The molecule has 0 aliphatic carbocycles. The minimum Gasteiger partial charge on any atom is -0.493 e. The fourth-order valence-electron chi connectivity index (χ4n) is 4.34. The van der Waals surface area contributed by atoms with Crippen LogP contribution in [-0.2, 0) is 16.1 Å². The number of nitrogens with zero attached hydrogens (tertiary/aromatic N) is 3. The van der Waals surface area contributed by atoms with Crippen LogP contribution in [0.5, 0.6) is 11.5 Å². The molecule has 2 fully saturated rings. The predicted molar refractivity (Wildman–Crippen MR) is 118 cm³/mol. The first-order valence-corrected chi connectivity index (χ1v) is 10.7. The Morgan fingerprint density at radius 1 is 0.968 bits per heavy atom. The summed E-state index contributed by atoms with van der Waals surface area (Å²) in [4.78, 5) is 31.7. The molecule has 7 nitrogen and oxygen atoms in total. The van der Waals surface area contributed by atoms with E-state index in [1.165, 1.54) is 5.56 Å². The van der Waals surface area contributed by atoms with Gasteiger partial charge in [-0.2, -0.15) is 0 Å². The normalized spacial score (nSPS) is 19.5. The summed E-state index contributed by atoms with van der Waals surface area (Å²) >= 11 is 0. The highest BCUT2D eigenvalue weighted by atomic mass is 16.5. The molecule has 2 heterocycles. The first-order chi connectivity index (χ1) is 15.1. The lowest BCUT2D eigenvalue weighted by molar-refractivity contribution is -0.137. The number of benzene rings is 2. The molecule has 1 atom stereocenters. The third-order valence-electron chi connectivity index (χ3n) is 6.09. The van der Waals surface area contributed by atoms with E-state index in [1.54, 1.807) is 31.3 Å². The van der Waals surface area contributed by atoms with Crippen molar-refractivity contribution < 1.29 is 19.1 Å². The molecule has 7 heteroatoms. The second kappa shape index (κ2) is 9.39. The van der Waals surface area contributed by atoms with Gasteiger partial charge in [0.2, 0.25) is 11.8 Å². The van der Waals surface area contributed by atoms with Crippen LogP contribution in [0.4, 0.5) is 5.69 Å². The molecule has 2 saturated heterocycles. The summed E-state index contributed by atoms with van der Waals surface area (Å²) in [6.07, 6.45) is 0.247. The van der Waals surface area contributed by atoms with E-state index in [0.29, 0.717) is 31.1 Å². The quantitative estimate of drug-likeness (QED) is 0.714. The number of amides is 2. The van der Waals surface area contributed by atoms with E-state index >= 15 is 0 Å². The summed E-state index contributed by atoms with van der Waals surface area (Å²) in [5, 5.41) is 0. The Bertz CT molecular complexity index is 926. The maximum absolute atomic E-state index is 13.1.